The summed E-state index contributed by atoms with van der Waals surface area (Å²) >= 11 is 9.63. The second-order valence-corrected chi connectivity index (χ2v) is 8.05. The van der Waals surface area contributed by atoms with Crippen LogP contribution in [0.15, 0.2) is 39.3 Å². The van der Waals surface area contributed by atoms with Crippen LogP contribution in [-0.4, -0.2) is 6.54 Å². The van der Waals surface area contributed by atoms with E-state index in [9.17, 15) is 0 Å². The van der Waals surface area contributed by atoms with Crippen LogP contribution in [0.2, 0.25) is 0 Å². The zero-order valence-electron chi connectivity index (χ0n) is 12.3. The van der Waals surface area contributed by atoms with Gasteiger partial charge in [0.25, 0.3) is 0 Å². The molecule has 2 rings (SSSR count). The minimum absolute atomic E-state index is 0.214. The highest BCUT2D eigenvalue weighted by molar-refractivity contribution is 14.1. The molecule has 4 heteroatoms. The third-order valence-corrected chi connectivity index (χ3v) is 5.87. The predicted octanol–water partition coefficient (Wildman–Crippen LogP) is 6.13. The minimum atomic E-state index is 0.214. The van der Waals surface area contributed by atoms with Gasteiger partial charge >= 0.3 is 0 Å². The van der Waals surface area contributed by atoms with Crippen LogP contribution in [0.3, 0.4) is 0 Å². The van der Waals surface area contributed by atoms with Gasteiger partial charge in [-0.05, 0) is 89.5 Å². The summed E-state index contributed by atoms with van der Waals surface area (Å²) in [5.41, 5.74) is 5.22. The van der Waals surface area contributed by atoms with Crippen molar-refractivity contribution < 1.29 is 0 Å². The maximum atomic E-state index is 3.63. The summed E-state index contributed by atoms with van der Waals surface area (Å²) < 4.78 is 3.57. The maximum absolute atomic E-state index is 3.63. The van der Waals surface area contributed by atoms with E-state index in [1.54, 1.807) is 0 Å². The van der Waals surface area contributed by atoms with E-state index in [1.165, 1.54) is 30.3 Å². The summed E-state index contributed by atoms with van der Waals surface area (Å²) in [4.78, 5) is 0. The van der Waals surface area contributed by atoms with Crippen LogP contribution < -0.4 is 5.32 Å². The van der Waals surface area contributed by atoms with E-state index >= 15 is 0 Å². The first-order chi connectivity index (χ1) is 9.93. The largest absolute Gasteiger partial charge is 0.306 e. The van der Waals surface area contributed by atoms with Crippen LogP contribution in [0, 0.1) is 17.4 Å². The highest BCUT2D eigenvalue weighted by Gasteiger charge is 2.19. The fraction of sp³-hybridized carbons (Fsp3) is 0.294. The van der Waals surface area contributed by atoms with Gasteiger partial charge in [-0.25, -0.2) is 0 Å². The average molecular weight is 523 g/mol. The normalized spacial score (nSPS) is 12.5. The third kappa shape index (κ3) is 4.09. The average Bonchev–Trinajstić information content (AvgIpc) is 2.43. The van der Waals surface area contributed by atoms with Crippen LogP contribution in [0.4, 0.5) is 0 Å². The smallest absolute Gasteiger partial charge is 0.0590 e. The van der Waals surface area contributed by atoms with E-state index in [0.29, 0.717) is 0 Å². The SMILES string of the molecule is CCNC(c1cc(C)c(Br)cc1C)c1cc(Br)ccc1I. The molecular formula is C17H18Br2IN. The molecule has 2 aromatic rings. The van der Waals surface area contributed by atoms with E-state index in [2.05, 4.69) is 111 Å². The number of hydrogen-bond acceptors (Lipinski definition) is 1. The van der Waals surface area contributed by atoms with E-state index in [0.717, 1.165) is 11.0 Å². The van der Waals surface area contributed by atoms with Gasteiger partial charge in [0.15, 0.2) is 0 Å². The molecule has 21 heavy (non-hydrogen) atoms. The molecule has 112 valence electrons. The lowest BCUT2D eigenvalue weighted by Crippen LogP contribution is -2.23. The molecule has 1 nitrogen and oxygen atoms in total. The van der Waals surface area contributed by atoms with Gasteiger partial charge in [-0.15, -0.1) is 0 Å². The maximum Gasteiger partial charge on any atom is 0.0590 e. The van der Waals surface area contributed by atoms with Gasteiger partial charge < -0.3 is 5.32 Å². The Labute approximate surface area is 157 Å². The molecule has 0 saturated heterocycles. The van der Waals surface area contributed by atoms with Gasteiger partial charge in [0.1, 0.15) is 0 Å². The molecular weight excluding hydrogens is 505 g/mol. The van der Waals surface area contributed by atoms with Crippen molar-refractivity contribution >= 4 is 54.5 Å². The molecule has 1 unspecified atom stereocenters. The van der Waals surface area contributed by atoms with Crippen LogP contribution in [0.5, 0.6) is 0 Å². The first kappa shape index (κ1) is 17.4. The molecule has 0 bridgehead atoms. The number of rotatable bonds is 4. The summed E-state index contributed by atoms with van der Waals surface area (Å²) in [5, 5.41) is 3.63. The number of halogens is 3. The molecule has 0 aliphatic heterocycles. The lowest BCUT2D eigenvalue weighted by Gasteiger charge is -2.23. The lowest BCUT2D eigenvalue weighted by molar-refractivity contribution is 0.624. The molecule has 0 fully saturated rings. The zero-order valence-corrected chi connectivity index (χ0v) is 17.6. The Hall–Kier alpha value is 0.0900. The van der Waals surface area contributed by atoms with E-state index in [-0.39, 0.29) is 6.04 Å². The molecule has 0 radical (unpaired) electrons. The Bertz CT molecular complexity index is 655. The summed E-state index contributed by atoms with van der Waals surface area (Å²) in [6.07, 6.45) is 0. The first-order valence-electron chi connectivity index (χ1n) is 6.89. The Kier molecular flexibility index (Phi) is 6.29. The van der Waals surface area contributed by atoms with E-state index in [1.807, 2.05) is 0 Å². The lowest BCUT2D eigenvalue weighted by atomic mass is 9.93. The van der Waals surface area contributed by atoms with Gasteiger partial charge in [0, 0.05) is 12.5 Å². The molecule has 1 N–H and O–H groups in total. The molecule has 0 saturated carbocycles. The van der Waals surface area contributed by atoms with E-state index in [4.69, 9.17) is 0 Å². The molecule has 0 aliphatic rings. The summed E-state index contributed by atoms with van der Waals surface area (Å²) in [7, 11) is 0. The van der Waals surface area contributed by atoms with Crippen molar-refractivity contribution in [3.05, 3.63) is 65.1 Å². The van der Waals surface area contributed by atoms with Gasteiger partial charge in [0.2, 0.25) is 0 Å². The van der Waals surface area contributed by atoms with Crippen LogP contribution >= 0.6 is 54.5 Å². The van der Waals surface area contributed by atoms with Crippen LogP contribution in [0.1, 0.15) is 35.2 Å². The van der Waals surface area contributed by atoms with Crippen LogP contribution in [0.25, 0.3) is 0 Å². The summed E-state index contributed by atoms with van der Waals surface area (Å²) in [6.45, 7) is 7.40. The molecule has 0 amide bonds. The standard InChI is InChI=1S/C17H18Br2IN/c1-4-21-17(14-9-12(18)5-6-16(14)20)13-7-11(3)15(19)8-10(13)2/h5-9,17,21H,4H2,1-3H3. The summed E-state index contributed by atoms with van der Waals surface area (Å²) in [6, 6.07) is 11.2. The number of nitrogens with one attached hydrogen (secondary N) is 1. The monoisotopic (exact) mass is 521 g/mol. The number of aryl methyl sites for hydroxylation is 2. The Morgan fingerprint density at radius 1 is 1.05 bits per heavy atom. The Balaban J connectivity index is 2.58. The van der Waals surface area contributed by atoms with Gasteiger partial charge in [-0.2, -0.15) is 0 Å². The quantitative estimate of drug-likeness (QED) is 0.476. The highest BCUT2D eigenvalue weighted by Crippen LogP contribution is 2.33. The fourth-order valence-corrected chi connectivity index (χ4v) is 3.93. The molecule has 2 aromatic carbocycles. The van der Waals surface area contributed by atoms with Crippen molar-refractivity contribution in [2.24, 2.45) is 0 Å². The number of benzene rings is 2. The molecule has 0 heterocycles. The van der Waals surface area contributed by atoms with Crippen molar-refractivity contribution in [1.82, 2.24) is 5.32 Å². The summed E-state index contributed by atoms with van der Waals surface area (Å²) in [5.74, 6) is 0. The van der Waals surface area contributed by atoms with Crippen molar-refractivity contribution in [3.8, 4) is 0 Å². The van der Waals surface area contributed by atoms with Crippen molar-refractivity contribution in [2.45, 2.75) is 26.8 Å². The first-order valence-corrected chi connectivity index (χ1v) is 9.55. The minimum Gasteiger partial charge on any atom is -0.306 e. The van der Waals surface area contributed by atoms with Crippen molar-refractivity contribution in [1.29, 1.82) is 0 Å². The topological polar surface area (TPSA) is 12.0 Å². The second kappa shape index (κ2) is 7.57. The Morgan fingerprint density at radius 2 is 1.76 bits per heavy atom. The van der Waals surface area contributed by atoms with Gasteiger partial charge in [0.05, 0.1) is 6.04 Å². The van der Waals surface area contributed by atoms with Gasteiger partial charge in [-0.3, -0.25) is 0 Å². The second-order valence-electron chi connectivity index (χ2n) is 5.11. The van der Waals surface area contributed by atoms with Crippen molar-refractivity contribution in [3.63, 3.8) is 0 Å². The molecule has 0 aromatic heterocycles. The number of hydrogen-bond donors (Lipinski definition) is 1. The highest BCUT2D eigenvalue weighted by atomic mass is 127. The zero-order chi connectivity index (χ0) is 15.6. The molecule has 1 atom stereocenters. The Morgan fingerprint density at radius 3 is 2.43 bits per heavy atom. The van der Waals surface area contributed by atoms with E-state index < -0.39 is 0 Å². The van der Waals surface area contributed by atoms with Gasteiger partial charge in [-0.1, -0.05) is 44.8 Å². The third-order valence-electron chi connectivity index (χ3n) is 3.54. The van der Waals surface area contributed by atoms with Crippen LogP contribution in [-0.2, 0) is 0 Å². The fourth-order valence-electron chi connectivity index (χ4n) is 2.44. The predicted molar refractivity (Wildman–Crippen MR) is 106 cm³/mol. The van der Waals surface area contributed by atoms with Crippen molar-refractivity contribution in [2.75, 3.05) is 6.54 Å². The molecule has 0 aliphatic carbocycles. The molecule has 0 spiro atoms.